The normalized spacial score (nSPS) is 23.5. The average molecular weight is 738 g/mol. The molecule has 4 saturated carbocycles. The minimum atomic E-state index is -3.36. The Morgan fingerprint density at radius 1 is 0.778 bits per heavy atom. The van der Waals surface area contributed by atoms with Crippen molar-refractivity contribution in [1.29, 1.82) is 0 Å². The van der Waals surface area contributed by atoms with Gasteiger partial charge in [0.05, 0.1) is 6.61 Å². The van der Waals surface area contributed by atoms with E-state index in [0.29, 0.717) is 6.92 Å². The SMILES string of the molecule is CC(F)(F)C(=O)OCC12CC3CC(CC(C3)C1)C2.Ic1ccc(Oc2ccc(-[s+]3c4ccccc4c4ccccc43)cc2)cc1. The van der Waals surface area contributed by atoms with Crippen LogP contribution >= 0.6 is 33.1 Å². The number of benzene rings is 4. The topological polar surface area (TPSA) is 35.5 Å². The zero-order valence-electron chi connectivity index (χ0n) is 25.2. The fourth-order valence-corrected chi connectivity index (χ4v) is 10.9. The van der Waals surface area contributed by atoms with Crippen molar-refractivity contribution in [3.8, 4) is 16.4 Å². The second kappa shape index (κ2) is 12.3. The maximum absolute atomic E-state index is 12.8. The molecule has 0 amide bonds. The lowest BCUT2D eigenvalue weighted by Gasteiger charge is -2.56. The molecule has 232 valence electrons. The average Bonchev–Trinajstić information content (AvgIpc) is 3.35. The van der Waals surface area contributed by atoms with E-state index in [1.165, 1.54) is 47.9 Å². The van der Waals surface area contributed by atoms with E-state index in [0.717, 1.165) is 48.5 Å². The number of ether oxygens (including phenoxy) is 2. The summed E-state index contributed by atoms with van der Waals surface area (Å²) in [7, 11) is -0.0549. The van der Waals surface area contributed by atoms with E-state index in [1.807, 2.05) is 12.1 Å². The van der Waals surface area contributed by atoms with Gasteiger partial charge in [0.15, 0.2) is 14.3 Å². The minimum Gasteiger partial charge on any atom is -0.461 e. The Labute approximate surface area is 279 Å². The lowest BCUT2D eigenvalue weighted by Crippen LogP contribution is -2.49. The highest BCUT2D eigenvalue weighted by Crippen LogP contribution is 2.60. The molecule has 4 aliphatic rings. The van der Waals surface area contributed by atoms with Crippen molar-refractivity contribution in [2.75, 3.05) is 6.61 Å². The van der Waals surface area contributed by atoms with E-state index in [4.69, 9.17) is 9.47 Å². The third kappa shape index (κ3) is 6.48. The van der Waals surface area contributed by atoms with E-state index < -0.39 is 11.9 Å². The Balaban J connectivity index is 0.000000157. The second-order valence-corrected chi connectivity index (χ2v) is 16.4. The summed E-state index contributed by atoms with van der Waals surface area (Å²) in [5.41, 5.74) is 0.0235. The van der Waals surface area contributed by atoms with Crippen LogP contribution in [0.1, 0.15) is 45.4 Å². The Morgan fingerprint density at radius 3 is 1.73 bits per heavy atom. The fraction of sp³-hybridized carbons (Fsp3) is 0.342. The third-order valence-electron chi connectivity index (χ3n) is 9.65. The van der Waals surface area contributed by atoms with Crippen LogP contribution in [0.15, 0.2) is 97.1 Å². The monoisotopic (exact) mass is 737 g/mol. The molecule has 0 atom stereocenters. The van der Waals surface area contributed by atoms with E-state index >= 15 is 0 Å². The standard InChI is InChI=1S/C24H16IOS.C14H20F2O2/c25-17-9-11-18(12-10-17)26-19-13-15-20(16-14-19)27-23-7-3-1-5-21(23)22-6-2-4-8-24(22)27;1-13(15,16)12(17)18-8-14-5-9-2-10(6-14)4-11(3-9)7-14/h1-16H;9-11H,2-8H2,1H3/q+1;. The van der Waals surface area contributed by atoms with Crippen LogP contribution in [0.25, 0.3) is 25.1 Å². The molecule has 45 heavy (non-hydrogen) atoms. The number of fused-ring (bicyclic) bond motifs is 3. The first kappa shape index (κ1) is 30.6. The number of rotatable bonds is 6. The van der Waals surface area contributed by atoms with Crippen LogP contribution in [0, 0.1) is 26.7 Å². The molecule has 0 N–H and O–H groups in total. The van der Waals surface area contributed by atoms with Crippen LogP contribution < -0.4 is 4.74 Å². The number of hydrogen-bond acceptors (Lipinski definition) is 3. The summed E-state index contributed by atoms with van der Waals surface area (Å²) >= 11 is 2.30. The van der Waals surface area contributed by atoms with Crippen molar-refractivity contribution in [2.45, 2.75) is 51.4 Å². The molecule has 7 heteroatoms. The highest BCUT2D eigenvalue weighted by Gasteiger charge is 2.52. The molecule has 9 rings (SSSR count). The van der Waals surface area contributed by atoms with Crippen molar-refractivity contribution >= 4 is 59.2 Å². The van der Waals surface area contributed by atoms with Crippen LogP contribution in [-0.2, 0) is 9.53 Å². The number of carbonyl (C=O) groups is 1. The van der Waals surface area contributed by atoms with Crippen molar-refractivity contribution in [1.82, 2.24) is 0 Å². The van der Waals surface area contributed by atoms with Gasteiger partial charge in [-0.05, 0) is 140 Å². The fourth-order valence-electron chi connectivity index (χ4n) is 8.20. The van der Waals surface area contributed by atoms with E-state index in [9.17, 15) is 13.6 Å². The van der Waals surface area contributed by atoms with Crippen LogP contribution in [0.3, 0.4) is 0 Å². The highest BCUT2D eigenvalue weighted by molar-refractivity contribution is 14.1. The Morgan fingerprint density at radius 2 is 1.24 bits per heavy atom. The molecule has 3 nitrogen and oxygen atoms in total. The van der Waals surface area contributed by atoms with Gasteiger partial charge in [-0.1, -0.05) is 24.3 Å². The molecule has 4 aromatic carbocycles. The molecule has 0 aliphatic heterocycles. The maximum Gasteiger partial charge on any atom is 0.376 e. The molecule has 0 spiro atoms. The van der Waals surface area contributed by atoms with Gasteiger partial charge in [0.2, 0.25) is 0 Å². The predicted octanol–water partition coefficient (Wildman–Crippen LogP) is 11.5. The Bertz CT molecular complexity index is 1740. The van der Waals surface area contributed by atoms with Gasteiger partial charge >= 0.3 is 11.9 Å². The van der Waals surface area contributed by atoms with E-state index in [1.54, 1.807) is 0 Å². The van der Waals surface area contributed by atoms with Gasteiger partial charge in [0.1, 0.15) is 11.5 Å². The lowest BCUT2D eigenvalue weighted by molar-refractivity contribution is -0.179. The number of esters is 1. The summed E-state index contributed by atoms with van der Waals surface area (Å²) in [4.78, 5) is 12.5. The highest BCUT2D eigenvalue weighted by atomic mass is 127. The first-order chi connectivity index (χ1) is 21.7. The molecule has 4 fully saturated rings. The molecule has 1 aromatic heterocycles. The molecular formula is C38H36F2IO3S+. The molecule has 5 aromatic rings. The molecule has 4 aliphatic carbocycles. The Hall–Kier alpha value is -3.04. The van der Waals surface area contributed by atoms with Crippen LogP contribution in [0.2, 0.25) is 0 Å². The van der Waals surface area contributed by atoms with Gasteiger partial charge < -0.3 is 9.47 Å². The molecule has 0 saturated heterocycles. The van der Waals surface area contributed by atoms with Gasteiger partial charge in [-0.15, -0.1) is 0 Å². The van der Waals surface area contributed by atoms with Gasteiger partial charge in [0, 0.05) is 49.3 Å². The van der Waals surface area contributed by atoms with Crippen LogP contribution in [-0.4, -0.2) is 18.5 Å². The summed E-state index contributed by atoms with van der Waals surface area (Å²) in [6, 6.07) is 34.2. The van der Waals surface area contributed by atoms with Gasteiger partial charge in [-0.25, -0.2) is 4.79 Å². The molecular weight excluding hydrogens is 701 g/mol. The number of thiophene rings is 1. The number of alkyl halides is 2. The maximum atomic E-state index is 12.8. The number of halogens is 3. The summed E-state index contributed by atoms with van der Waals surface area (Å²) in [6.07, 6.45) is 7.12. The lowest BCUT2D eigenvalue weighted by atomic mass is 9.50. The van der Waals surface area contributed by atoms with Crippen LogP contribution in [0.4, 0.5) is 8.78 Å². The third-order valence-corrected chi connectivity index (χ3v) is 12.7. The number of hydrogen-bond donors (Lipinski definition) is 0. The first-order valence-corrected chi connectivity index (χ1v) is 18.0. The quantitative estimate of drug-likeness (QED) is 0.0989. The number of carbonyl (C=O) groups excluding carboxylic acids is 1. The first-order valence-electron chi connectivity index (χ1n) is 15.7. The molecule has 1 heterocycles. The van der Waals surface area contributed by atoms with Crippen LogP contribution in [0.5, 0.6) is 11.5 Å². The largest absolute Gasteiger partial charge is 0.461 e. The van der Waals surface area contributed by atoms with Gasteiger partial charge in [0.25, 0.3) is 0 Å². The summed E-state index contributed by atoms with van der Waals surface area (Å²) < 4.78 is 40.5. The molecule has 4 bridgehead atoms. The molecule has 0 unspecified atom stereocenters. The summed E-state index contributed by atoms with van der Waals surface area (Å²) in [5, 5.41) is 2.71. The zero-order valence-corrected chi connectivity index (χ0v) is 28.2. The molecule has 0 radical (unpaired) electrons. The van der Waals surface area contributed by atoms with Crippen molar-refractivity contribution in [3.63, 3.8) is 0 Å². The minimum absolute atomic E-state index is 0.0235. The van der Waals surface area contributed by atoms with Crippen molar-refractivity contribution in [2.24, 2.45) is 23.2 Å². The zero-order chi connectivity index (χ0) is 31.2. The summed E-state index contributed by atoms with van der Waals surface area (Å²) in [6.45, 7) is 0.813. The van der Waals surface area contributed by atoms with Crippen molar-refractivity contribution < 1.29 is 23.0 Å². The smallest absolute Gasteiger partial charge is 0.376 e. The van der Waals surface area contributed by atoms with Gasteiger partial charge in [-0.2, -0.15) is 8.78 Å². The predicted molar refractivity (Wildman–Crippen MR) is 187 cm³/mol. The van der Waals surface area contributed by atoms with Gasteiger partial charge in [-0.3, -0.25) is 0 Å². The van der Waals surface area contributed by atoms with E-state index in [-0.39, 0.29) is 22.5 Å². The van der Waals surface area contributed by atoms with E-state index in [2.05, 4.69) is 108 Å². The Kier molecular flexibility index (Phi) is 8.36. The summed E-state index contributed by atoms with van der Waals surface area (Å²) in [5.74, 6) is -0.751. The van der Waals surface area contributed by atoms with Crippen molar-refractivity contribution in [3.05, 3.63) is 101 Å². The second-order valence-electron chi connectivity index (χ2n) is 13.2.